The van der Waals surface area contributed by atoms with Crippen molar-refractivity contribution < 1.29 is 4.74 Å². The molecule has 14 rings (SSSR count). The van der Waals surface area contributed by atoms with Crippen molar-refractivity contribution in [3.05, 3.63) is 244 Å². The van der Waals surface area contributed by atoms with Gasteiger partial charge in [0.25, 0.3) is 0 Å². The summed E-state index contributed by atoms with van der Waals surface area (Å²) in [5, 5.41) is 4.62. The van der Waals surface area contributed by atoms with Gasteiger partial charge in [-0.3, -0.25) is 0 Å². The SMILES string of the molecule is CC1(C)c2ccccc2-c2cc(N(c3cccc4c3-c3ccccc3C4(C)C)C3CC=CC4=C3c3ccccc3C43c4ccc5ccccc5c4Oc4c3ccc3ccccc43)ccc21. The minimum absolute atomic E-state index is 0.0312. The van der Waals surface area contributed by atoms with E-state index in [0.717, 1.165) is 28.7 Å². The Bertz CT molecular complexity index is 3550. The average molecular weight is 834 g/mol. The summed E-state index contributed by atoms with van der Waals surface area (Å²) in [6.45, 7) is 9.56. The molecule has 65 heavy (non-hydrogen) atoms. The summed E-state index contributed by atoms with van der Waals surface area (Å²) in [5.41, 5.74) is 20.2. The van der Waals surface area contributed by atoms with E-state index in [1.54, 1.807) is 0 Å². The van der Waals surface area contributed by atoms with Gasteiger partial charge in [0.05, 0.1) is 11.5 Å². The van der Waals surface area contributed by atoms with E-state index in [4.69, 9.17) is 4.74 Å². The van der Waals surface area contributed by atoms with Gasteiger partial charge in [0, 0.05) is 49.7 Å². The van der Waals surface area contributed by atoms with Gasteiger partial charge in [-0.25, -0.2) is 0 Å². The number of nitrogens with zero attached hydrogens (tertiary/aromatic N) is 1. The number of benzene rings is 9. The number of hydrogen-bond acceptors (Lipinski definition) is 2. The third-order valence-electron chi connectivity index (χ3n) is 16.1. The minimum atomic E-state index is -0.627. The topological polar surface area (TPSA) is 12.5 Å². The van der Waals surface area contributed by atoms with E-state index in [0.29, 0.717) is 0 Å². The lowest BCUT2D eigenvalue weighted by Crippen LogP contribution is -2.36. The summed E-state index contributed by atoms with van der Waals surface area (Å²) in [5.74, 6) is 1.89. The molecule has 0 fully saturated rings. The maximum absolute atomic E-state index is 7.33. The first-order chi connectivity index (χ1) is 31.8. The zero-order valence-electron chi connectivity index (χ0n) is 37.1. The average Bonchev–Trinajstić information content (AvgIpc) is 3.87. The summed E-state index contributed by atoms with van der Waals surface area (Å²) in [6, 6.07) is 68.6. The van der Waals surface area contributed by atoms with Crippen LogP contribution in [0.15, 0.2) is 200 Å². The number of anilines is 2. The van der Waals surface area contributed by atoms with Crippen LogP contribution in [0.2, 0.25) is 0 Å². The fourth-order valence-corrected chi connectivity index (χ4v) is 13.2. The molecule has 0 bridgehead atoms. The van der Waals surface area contributed by atoms with Crippen molar-refractivity contribution in [3.8, 4) is 33.8 Å². The van der Waals surface area contributed by atoms with Gasteiger partial charge >= 0.3 is 0 Å². The third-order valence-corrected chi connectivity index (χ3v) is 16.1. The Morgan fingerprint density at radius 2 is 1.00 bits per heavy atom. The van der Waals surface area contributed by atoms with Crippen molar-refractivity contribution in [1.29, 1.82) is 0 Å². The van der Waals surface area contributed by atoms with Gasteiger partial charge in [0.2, 0.25) is 0 Å². The van der Waals surface area contributed by atoms with Crippen LogP contribution >= 0.6 is 0 Å². The van der Waals surface area contributed by atoms with Gasteiger partial charge in [0.1, 0.15) is 11.5 Å². The minimum Gasteiger partial charge on any atom is -0.455 e. The van der Waals surface area contributed by atoms with Gasteiger partial charge in [-0.2, -0.15) is 0 Å². The molecule has 310 valence electrons. The molecule has 2 nitrogen and oxygen atoms in total. The highest BCUT2D eigenvalue weighted by molar-refractivity contribution is 6.03. The van der Waals surface area contributed by atoms with Crippen LogP contribution in [-0.4, -0.2) is 6.04 Å². The third kappa shape index (κ3) is 4.64. The van der Waals surface area contributed by atoms with E-state index in [9.17, 15) is 0 Å². The van der Waals surface area contributed by atoms with Crippen molar-refractivity contribution in [2.45, 2.75) is 56.4 Å². The van der Waals surface area contributed by atoms with Crippen LogP contribution in [0.5, 0.6) is 11.5 Å². The zero-order chi connectivity index (χ0) is 43.4. The number of rotatable bonds is 3. The molecule has 0 radical (unpaired) electrons. The van der Waals surface area contributed by atoms with Crippen molar-refractivity contribution in [2.24, 2.45) is 0 Å². The Balaban J connectivity index is 1.09. The lowest BCUT2D eigenvalue weighted by atomic mass is 9.64. The lowest BCUT2D eigenvalue weighted by Gasteiger charge is -2.42. The van der Waals surface area contributed by atoms with E-state index < -0.39 is 5.41 Å². The summed E-state index contributed by atoms with van der Waals surface area (Å²) >= 11 is 0. The number of fused-ring (bicyclic) bond motifs is 18. The second kappa shape index (κ2) is 12.9. The van der Waals surface area contributed by atoms with Crippen molar-refractivity contribution in [2.75, 3.05) is 4.90 Å². The quantitative estimate of drug-likeness (QED) is 0.176. The highest BCUT2D eigenvalue weighted by atomic mass is 16.5. The van der Waals surface area contributed by atoms with E-state index in [1.807, 2.05) is 0 Å². The van der Waals surface area contributed by atoms with E-state index >= 15 is 0 Å². The van der Waals surface area contributed by atoms with E-state index in [1.165, 1.54) is 100 Å². The maximum atomic E-state index is 7.33. The predicted molar refractivity (Wildman–Crippen MR) is 269 cm³/mol. The molecular formula is C63H47NO. The summed E-state index contributed by atoms with van der Waals surface area (Å²) in [7, 11) is 0. The first-order valence-electron chi connectivity index (χ1n) is 23.3. The van der Waals surface area contributed by atoms with Gasteiger partial charge in [-0.1, -0.05) is 204 Å². The molecule has 0 aromatic heterocycles. The molecule has 2 heteroatoms. The van der Waals surface area contributed by atoms with Gasteiger partial charge < -0.3 is 9.64 Å². The lowest BCUT2D eigenvalue weighted by molar-refractivity contribution is 0.446. The predicted octanol–water partition coefficient (Wildman–Crippen LogP) is 16.0. The van der Waals surface area contributed by atoms with Crippen LogP contribution in [0.3, 0.4) is 0 Å². The van der Waals surface area contributed by atoms with Crippen LogP contribution in [-0.2, 0) is 16.2 Å². The molecule has 5 aliphatic rings. The van der Waals surface area contributed by atoms with Crippen molar-refractivity contribution >= 4 is 38.5 Å². The monoisotopic (exact) mass is 833 g/mol. The first-order valence-corrected chi connectivity index (χ1v) is 23.3. The normalized spacial score (nSPS) is 18.0. The Kier molecular flexibility index (Phi) is 7.32. The molecule has 1 spiro atoms. The molecule has 0 saturated heterocycles. The molecule has 0 amide bonds. The van der Waals surface area contributed by atoms with Gasteiger partial charge in [-0.15, -0.1) is 0 Å². The Hall–Kier alpha value is -7.42. The number of ether oxygens (including phenoxy) is 1. The fraction of sp³-hybridized carbons (Fsp3) is 0.143. The summed E-state index contributed by atoms with van der Waals surface area (Å²) in [4.78, 5) is 2.74. The van der Waals surface area contributed by atoms with Gasteiger partial charge in [0.15, 0.2) is 0 Å². The van der Waals surface area contributed by atoms with Crippen LogP contribution in [0.4, 0.5) is 11.4 Å². The van der Waals surface area contributed by atoms with Crippen LogP contribution in [0.25, 0.3) is 49.4 Å². The second-order valence-corrected chi connectivity index (χ2v) is 19.8. The highest BCUT2D eigenvalue weighted by Gasteiger charge is 2.55. The number of hydrogen-bond donors (Lipinski definition) is 0. The largest absolute Gasteiger partial charge is 0.455 e. The molecular weight excluding hydrogens is 787 g/mol. The van der Waals surface area contributed by atoms with Crippen LogP contribution < -0.4 is 9.64 Å². The first kappa shape index (κ1) is 37.0. The van der Waals surface area contributed by atoms with Crippen molar-refractivity contribution in [1.82, 2.24) is 0 Å². The molecule has 0 saturated carbocycles. The second-order valence-electron chi connectivity index (χ2n) is 19.8. The summed E-state index contributed by atoms with van der Waals surface area (Å²) in [6.07, 6.45) is 5.79. The van der Waals surface area contributed by atoms with Crippen LogP contribution in [0.1, 0.15) is 78.6 Å². The van der Waals surface area contributed by atoms with Gasteiger partial charge in [-0.05, 0) is 96.6 Å². The van der Waals surface area contributed by atoms with Crippen LogP contribution in [0, 0.1) is 0 Å². The molecule has 1 atom stereocenters. The molecule has 4 aliphatic carbocycles. The molecule has 1 unspecified atom stereocenters. The zero-order valence-corrected chi connectivity index (χ0v) is 37.1. The van der Waals surface area contributed by atoms with E-state index in [2.05, 4.69) is 227 Å². The molecule has 1 heterocycles. The fourth-order valence-electron chi connectivity index (χ4n) is 13.2. The molecule has 9 aromatic carbocycles. The Morgan fingerprint density at radius 3 is 1.71 bits per heavy atom. The smallest absolute Gasteiger partial charge is 0.140 e. The molecule has 9 aromatic rings. The van der Waals surface area contributed by atoms with E-state index in [-0.39, 0.29) is 16.9 Å². The standard InChI is InChI=1S/C63H47NO/c1-61(2)47-24-12-9-21-43(47)46-37-40(33-36-49(46)61)64(55-29-15-27-51-57(55)44-22-10-13-25-48(44)62(51,3)4)56-30-16-28-52-58(56)45-23-11-14-26-50(45)63(52)53-34-31-38-17-5-7-19-41(38)59(53)65-60-42-20-8-6-18-39(42)32-35-54(60)63/h5-29,31-37,56H,30H2,1-4H3. The highest BCUT2D eigenvalue weighted by Crippen LogP contribution is 2.66. The van der Waals surface area contributed by atoms with Crippen molar-refractivity contribution in [3.63, 3.8) is 0 Å². The Morgan fingerprint density at radius 1 is 0.462 bits per heavy atom. The molecule has 0 N–H and O–H groups in total. The maximum Gasteiger partial charge on any atom is 0.140 e. The number of allylic oxidation sites excluding steroid dienone is 2. The Labute approximate surface area is 380 Å². The molecule has 1 aliphatic heterocycles. The summed E-state index contributed by atoms with van der Waals surface area (Å²) < 4.78 is 7.33.